The fraction of sp³-hybridized carbons (Fsp3) is 0.200. The first-order valence-corrected chi connectivity index (χ1v) is 9.36. The summed E-state index contributed by atoms with van der Waals surface area (Å²) in [6.07, 6.45) is 4.00. The minimum Gasteiger partial charge on any atom is -0.383 e. The van der Waals surface area contributed by atoms with E-state index in [-0.39, 0.29) is 0 Å². The largest absolute Gasteiger partial charge is 0.383 e. The SMILES string of the molecule is COCCn1c(SCc2cn3ccccc3c2C#N)nc2ccccc21. The monoisotopic (exact) mass is 362 g/mol. The lowest BCUT2D eigenvalue weighted by molar-refractivity contribution is 0.186. The average Bonchev–Trinajstić information content (AvgIpc) is 3.21. The number of benzene rings is 1. The van der Waals surface area contributed by atoms with Gasteiger partial charge in [-0.15, -0.1) is 0 Å². The number of pyridine rings is 1. The summed E-state index contributed by atoms with van der Waals surface area (Å²) in [5.41, 5.74) is 4.79. The van der Waals surface area contributed by atoms with Crippen molar-refractivity contribution in [2.75, 3.05) is 13.7 Å². The predicted octanol–water partition coefficient (Wildman–Crippen LogP) is 4.10. The highest BCUT2D eigenvalue weighted by atomic mass is 32.2. The maximum Gasteiger partial charge on any atom is 0.169 e. The fourth-order valence-electron chi connectivity index (χ4n) is 3.12. The summed E-state index contributed by atoms with van der Waals surface area (Å²) < 4.78 is 9.44. The molecule has 4 rings (SSSR count). The minimum absolute atomic E-state index is 0.632. The van der Waals surface area contributed by atoms with E-state index in [1.54, 1.807) is 18.9 Å². The summed E-state index contributed by atoms with van der Waals surface area (Å²) in [6, 6.07) is 16.4. The van der Waals surface area contributed by atoms with Gasteiger partial charge >= 0.3 is 0 Å². The van der Waals surface area contributed by atoms with Crippen LogP contribution in [0.1, 0.15) is 11.1 Å². The molecule has 0 aliphatic carbocycles. The first-order valence-electron chi connectivity index (χ1n) is 8.37. The molecule has 1 aromatic carbocycles. The molecule has 0 saturated heterocycles. The molecule has 0 radical (unpaired) electrons. The second kappa shape index (κ2) is 7.24. The van der Waals surface area contributed by atoms with Crippen molar-refractivity contribution >= 4 is 28.3 Å². The lowest BCUT2D eigenvalue weighted by Crippen LogP contribution is -2.05. The average molecular weight is 362 g/mol. The third-order valence-electron chi connectivity index (χ3n) is 4.37. The molecule has 3 heterocycles. The van der Waals surface area contributed by atoms with Gasteiger partial charge in [-0.05, 0) is 29.8 Å². The van der Waals surface area contributed by atoms with Crippen molar-refractivity contribution in [3.05, 3.63) is 66.0 Å². The normalized spacial score (nSPS) is 11.2. The summed E-state index contributed by atoms with van der Waals surface area (Å²) in [5, 5.41) is 10.5. The molecule has 0 fully saturated rings. The molecule has 0 aliphatic heterocycles. The Kier molecular flexibility index (Phi) is 4.65. The molecule has 0 amide bonds. The molecule has 0 N–H and O–H groups in total. The van der Waals surface area contributed by atoms with Crippen molar-refractivity contribution in [1.29, 1.82) is 5.26 Å². The van der Waals surface area contributed by atoms with Crippen LogP contribution in [0, 0.1) is 11.3 Å². The number of ether oxygens (including phenoxy) is 1. The Labute approximate surface area is 155 Å². The number of aromatic nitrogens is 3. The zero-order valence-electron chi connectivity index (χ0n) is 14.4. The van der Waals surface area contributed by atoms with Crippen LogP contribution in [-0.4, -0.2) is 27.7 Å². The van der Waals surface area contributed by atoms with E-state index < -0.39 is 0 Å². The molecule has 6 heteroatoms. The van der Waals surface area contributed by atoms with Crippen molar-refractivity contribution < 1.29 is 4.74 Å². The van der Waals surface area contributed by atoms with Gasteiger partial charge in [0.2, 0.25) is 0 Å². The molecule has 0 atom stereocenters. The highest BCUT2D eigenvalue weighted by molar-refractivity contribution is 7.98. The Bertz CT molecular complexity index is 1110. The predicted molar refractivity (Wildman–Crippen MR) is 103 cm³/mol. The van der Waals surface area contributed by atoms with Crippen molar-refractivity contribution in [2.24, 2.45) is 0 Å². The van der Waals surface area contributed by atoms with Crippen LogP contribution in [0.4, 0.5) is 0 Å². The summed E-state index contributed by atoms with van der Waals surface area (Å²) in [4.78, 5) is 4.77. The highest BCUT2D eigenvalue weighted by Crippen LogP contribution is 2.29. The second-order valence-electron chi connectivity index (χ2n) is 5.95. The topological polar surface area (TPSA) is 55.2 Å². The zero-order chi connectivity index (χ0) is 17.9. The molecule has 130 valence electrons. The van der Waals surface area contributed by atoms with Gasteiger partial charge in [0.1, 0.15) is 6.07 Å². The van der Waals surface area contributed by atoms with Crippen molar-refractivity contribution in [3.8, 4) is 6.07 Å². The van der Waals surface area contributed by atoms with Gasteiger partial charge in [0, 0.05) is 31.8 Å². The maximum atomic E-state index is 9.58. The van der Waals surface area contributed by atoms with Gasteiger partial charge in [-0.25, -0.2) is 4.98 Å². The van der Waals surface area contributed by atoms with E-state index in [1.807, 2.05) is 53.2 Å². The molecule has 4 aromatic rings. The highest BCUT2D eigenvalue weighted by Gasteiger charge is 2.14. The number of nitrogens with zero attached hydrogens (tertiary/aromatic N) is 4. The standard InChI is InChI=1S/C20H18N4OS/c1-25-11-10-24-19-8-3-2-6-17(19)22-20(24)26-14-15-13-23-9-5-4-7-18(23)16(15)12-21/h2-9,13H,10-11,14H2,1H3. The van der Waals surface area contributed by atoms with Crippen molar-refractivity contribution in [3.63, 3.8) is 0 Å². The van der Waals surface area contributed by atoms with Gasteiger partial charge in [0.05, 0.1) is 28.7 Å². The molecular formula is C20H18N4OS. The van der Waals surface area contributed by atoms with Gasteiger partial charge in [0.15, 0.2) is 5.16 Å². The van der Waals surface area contributed by atoms with E-state index in [4.69, 9.17) is 9.72 Å². The molecule has 0 unspecified atom stereocenters. The number of imidazole rings is 1. The van der Waals surface area contributed by atoms with E-state index in [9.17, 15) is 5.26 Å². The third kappa shape index (κ3) is 2.96. The molecule has 0 bridgehead atoms. The number of para-hydroxylation sites is 2. The molecule has 5 nitrogen and oxygen atoms in total. The molecule has 0 aliphatic rings. The van der Waals surface area contributed by atoms with Crippen LogP contribution in [0.25, 0.3) is 16.6 Å². The molecular weight excluding hydrogens is 344 g/mol. The van der Waals surface area contributed by atoms with Gasteiger partial charge in [-0.3, -0.25) is 0 Å². The Hall–Kier alpha value is -2.75. The first kappa shape index (κ1) is 16.7. The van der Waals surface area contributed by atoms with E-state index >= 15 is 0 Å². The molecule has 26 heavy (non-hydrogen) atoms. The van der Waals surface area contributed by atoms with Crippen LogP contribution in [0.3, 0.4) is 0 Å². The quantitative estimate of drug-likeness (QED) is 0.485. The Morgan fingerprint density at radius 1 is 1.15 bits per heavy atom. The van der Waals surface area contributed by atoms with Gasteiger partial charge in [0.25, 0.3) is 0 Å². The van der Waals surface area contributed by atoms with Crippen LogP contribution in [-0.2, 0) is 17.0 Å². The number of hydrogen-bond acceptors (Lipinski definition) is 4. The minimum atomic E-state index is 0.632. The van der Waals surface area contributed by atoms with E-state index in [0.29, 0.717) is 12.4 Å². The molecule has 0 spiro atoms. The summed E-state index contributed by atoms with van der Waals surface area (Å²) in [5.74, 6) is 0.695. The lowest BCUT2D eigenvalue weighted by Gasteiger charge is -2.08. The molecule has 3 aromatic heterocycles. The van der Waals surface area contributed by atoms with E-state index in [2.05, 4.69) is 16.7 Å². The lowest BCUT2D eigenvalue weighted by atomic mass is 10.2. The summed E-state index contributed by atoms with van der Waals surface area (Å²) in [7, 11) is 1.71. The Morgan fingerprint density at radius 3 is 2.81 bits per heavy atom. The van der Waals surface area contributed by atoms with Crippen molar-refractivity contribution in [1.82, 2.24) is 14.0 Å². The van der Waals surface area contributed by atoms with E-state index in [0.717, 1.165) is 39.4 Å². The number of rotatable bonds is 6. The van der Waals surface area contributed by atoms with E-state index in [1.165, 1.54) is 0 Å². The second-order valence-corrected chi connectivity index (χ2v) is 6.89. The van der Waals surface area contributed by atoms with Crippen LogP contribution < -0.4 is 0 Å². The van der Waals surface area contributed by atoms with Crippen molar-refractivity contribution in [2.45, 2.75) is 17.5 Å². The van der Waals surface area contributed by atoms with Crippen LogP contribution in [0.5, 0.6) is 0 Å². The summed E-state index contributed by atoms with van der Waals surface area (Å²) in [6.45, 7) is 1.38. The Morgan fingerprint density at radius 2 is 1.96 bits per heavy atom. The fourth-order valence-corrected chi connectivity index (χ4v) is 4.13. The number of hydrogen-bond donors (Lipinski definition) is 0. The third-order valence-corrected chi connectivity index (χ3v) is 5.39. The van der Waals surface area contributed by atoms with Crippen LogP contribution in [0.15, 0.2) is 60.0 Å². The first-order chi connectivity index (χ1) is 12.8. The van der Waals surface area contributed by atoms with Crippen LogP contribution in [0.2, 0.25) is 0 Å². The number of methoxy groups -OCH3 is 1. The van der Waals surface area contributed by atoms with Gasteiger partial charge < -0.3 is 13.7 Å². The number of fused-ring (bicyclic) bond motifs is 2. The Balaban J connectivity index is 1.67. The zero-order valence-corrected chi connectivity index (χ0v) is 15.2. The maximum absolute atomic E-state index is 9.58. The smallest absolute Gasteiger partial charge is 0.169 e. The summed E-state index contributed by atoms with van der Waals surface area (Å²) >= 11 is 1.65. The number of nitriles is 1. The number of thioether (sulfide) groups is 1. The van der Waals surface area contributed by atoms with Gasteiger partial charge in [-0.1, -0.05) is 30.0 Å². The molecule has 0 saturated carbocycles. The van der Waals surface area contributed by atoms with Crippen LogP contribution >= 0.6 is 11.8 Å². The van der Waals surface area contributed by atoms with Gasteiger partial charge in [-0.2, -0.15) is 5.26 Å².